The van der Waals surface area contributed by atoms with Gasteiger partial charge in [-0.15, -0.1) is 6.58 Å². The van der Waals surface area contributed by atoms with Crippen LogP contribution in [0, 0.1) is 0 Å². The quantitative estimate of drug-likeness (QED) is 0.366. The van der Waals surface area contributed by atoms with Crippen LogP contribution in [0.5, 0.6) is 0 Å². The molecule has 0 aliphatic carbocycles. The molecule has 0 aromatic heterocycles. The van der Waals surface area contributed by atoms with E-state index >= 15 is 0 Å². The van der Waals surface area contributed by atoms with E-state index < -0.39 is 16.8 Å². The molecule has 0 bridgehead atoms. The number of ether oxygens (including phenoxy) is 1. The van der Waals surface area contributed by atoms with Gasteiger partial charge >= 0.3 is 6.09 Å². The molecule has 1 N–H and O–H groups in total. The van der Waals surface area contributed by atoms with Gasteiger partial charge in [-0.05, 0) is 79.0 Å². The second-order valence-corrected chi connectivity index (χ2v) is 11.6. The highest BCUT2D eigenvalue weighted by atomic mass is 32.2. The lowest BCUT2D eigenvalue weighted by Gasteiger charge is -2.39. The summed E-state index contributed by atoms with van der Waals surface area (Å²) < 4.78 is 11.5. The fraction of sp³-hybridized carbons (Fsp3) is 0.654. The Morgan fingerprint density at radius 2 is 1.64 bits per heavy atom. The molecule has 186 valence electrons. The monoisotopic (exact) mass is 478 g/mol. The minimum atomic E-state index is -0.958. The van der Waals surface area contributed by atoms with E-state index in [4.69, 9.17) is 8.92 Å². The maximum atomic E-state index is 12.2. The van der Waals surface area contributed by atoms with Gasteiger partial charge in [0.1, 0.15) is 11.2 Å². The number of nitrogens with zero attached hydrogens (tertiary/aromatic N) is 2. The van der Waals surface area contributed by atoms with Crippen molar-refractivity contribution in [2.24, 2.45) is 0 Å². The van der Waals surface area contributed by atoms with E-state index in [1.165, 1.54) is 17.6 Å². The number of rotatable bonds is 9. The summed E-state index contributed by atoms with van der Waals surface area (Å²) in [5.41, 5.74) is 0.145. The number of piperazine rings is 1. The molecule has 1 aliphatic rings. The predicted molar refractivity (Wildman–Crippen MR) is 135 cm³/mol. The second kappa shape index (κ2) is 11.3. The zero-order valence-electron chi connectivity index (χ0n) is 21.4. The molecule has 6 nitrogen and oxygen atoms in total. The molecule has 1 fully saturated rings. The van der Waals surface area contributed by atoms with E-state index in [9.17, 15) is 9.90 Å². The molecule has 1 aromatic carbocycles. The highest BCUT2D eigenvalue weighted by Crippen LogP contribution is 2.36. The first-order valence-electron chi connectivity index (χ1n) is 11.7. The predicted octanol–water partition coefficient (Wildman–Crippen LogP) is 5.65. The summed E-state index contributed by atoms with van der Waals surface area (Å²) in [5.74, 6) is 0. The SMILES string of the molecule is C=C(C)CCC(C)(O)C(C)(C)OSc1ccc(CN2CCN(C(=O)OC(C)(C)C)CC2)cc1. The first-order valence-corrected chi connectivity index (χ1v) is 12.4. The second-order valence-electron chi connectivity index (χ2n) is 10.8. The van der Waals surface area contributed by atoms with Gasteiger partial charge < -0.3 is 18.9 Å². The van der Waals surface area contributed by atoms with Crippen molar-refractivity contribution in [3.05, 3.63) is 42.0 Å². The van der Waals surface area contributed by atoms with Gasteiger partial charge in [0.2, 0.25) is 0 Å². The van der Waals surface area contributed by atoms with E-state index in [-0.39, 0.29) is 6.09 Å². The highest BCUT2D eigenvalue weighted by Gasteiger charge is 2.40. The summed E-state index contributed by atoms with van der Waals surface area (Å²) in [6, 6.07) is 8.32. The Morgan fingerprint density at radius 1 is 1.06 bits per heavy atom. The molecule has 1 saturated heterocycles. The topological polar surface area (TPSA) is 62.2 Å². The Kier molecular flexibility index (Phi) is 9.45. The standard InChI is InChI=1S/C26H42N2O4S/c1-20(2)13-14-26(8,30)25(6,7)32-33-22-11-9-21(10-12-22)19-27-15-17-28(18-16-27)23(29)31-24(3,4)5/h9-12,30H,1,13-19H2,2-8H3. The van der Waals surface area contributed by atoms with Crippen LogP contribution in [0.1, 0.15) is 66.9 Å². The zero-order valence-corrected chi connectivity index (χ0v) is 22.3. The van der Waals surface area contributed by atoms with Gasteiger partial charge in [0.25, 0.3) is 0 Å². The Morgan fingerprint density at radius 3 is 2.15 bits per heavy atom. The maximum Gasteiger partial charge on any atom is 0.410 e. The van der Waals surface area contributed by atoms with Crippen LogP contribution in [0.3, 0.4) is 0 Å². The Balaban J connectivity index is 1.81. The number of carbonyl (C=O) groups excluding carboxylic acids is 1. The molecule has 1 unspecified atom stereocenters. The van der Waals surface area contributed by atoms with E-state index in [0.29, 0.717) is 19.5 Å². The molecule has 1 atom stereocenters. The van der Waals surface area contributed by atoms with Crippen LogP contribution in [0.4, 0.5) is 4.79 Å². The number of carbonyl (C=O) groups is 1. The third-order valence-electron chi connectivity index (χ3n) is 6.04. The van der Waals surface area contributed by atoms with Crippen molar-refractivity contribution >= 4 is 18.1 Å². The molecule has 1 aromatic rings. The summed E-state index contributed by atoms with van der Waals surface area (Å²) in [4.78, 5) is 17.4. The number of allylic oxidation sites excluding steroid dienone is 1. The zero-order chi connectivity index (χ0) is 24.9. The minimum Gasteiger partial charge on any atom is -0.444 e. The first-order chi connectivity index (χ1) is 15.2. The van der Waals surface area contributed by atoms with Gasteiger partial charge in [-0.2, -0.15) is 0 Å². The fourth-order valence-corrected chi connectivity index (χ4v) is 4.05. The number of hydrogen-bond acceptors (Lipinski definition) is 6. The van der Waals surface area contributed by atoms with Crippen molar-refractivity contribution in [2.45, 2.75) is 89.6 Å². The van der Waals surface area contributed by atoms with Crippen molar-refractivity contribution in [1.82, 2.24) is 9.80 Å². The average molecular weight is 479 g/mol. The molecule has 0 spiro atoms. The molecular weight excluding hydrogens is 436 g/mol. The van der Waals surface area contributed by atoms with Gasteiger partial charge in [-0.25, -0.2) is 4.79 Å². The summed E-state index contributed by atoms with van der Waals surface area (Å²) in [6.07, 6.45) is 1.14. The van der Waals surface area contributed by atoms with E-state index in [1.54, 1.807) is 4.90 Å². The van der Waals surface area contributed by atoms with Crippen molar-refractivity contribution in [3.8, 4) is 0 Å². The van der Waals surface area contributed by atoms with Gasteiger partial charge in [-0.3, -0.25) is 4.90 Å². The van der Waals surface area contributed by atoms with Gasteiger partial charge in [0.15, 0.2) is 0 Å². The van der Waals surface area contributed by atoms with Crippen LogP contribution in [-0.2, 0) is 15.5 Å². The maximum absolute atomic E-state index is 12.2. The molecule has 7 heteroatoms. The summed E-state index contributed by atoms with van der Waals surface area (Å²) in [6.45, 7) is 21.1. The minimum absolute atomic E-state index is 0.231. The van der Waals surface area contributed by atoms with Crippen LogP contribution in [-0.4, -0.2) is 64.0 Å². The van der Waals surface area contributed by atoms with Crippen molar-refractivity contribution in [2.75, 3.05) is 26.2 Å². The normalized spacial score (nSPS) is 17.5. The number of benzene rings is 1. The van der Waals surface area contributed by atoms with Crippen LogP contribution >= 0.6 is 12.0 Å². The number of hydrogen-bond donors (Lipinski definition) is 1. The van der Waals surface area contributed by atoms with E-state index in [0.717, 1.165) is 36.5 Å². The van der Waals surface area contributed by atoms with Crippen molar-refractivity contribution in [3.63, 3.8) is 0 Å². The van der Waals surface area contributed by atoms with Gasteiger partial charge in [0, 0.05) is 49.7 Å². The lowest BCUT2D eigenvalue weighted by molar-refractivity contribution is -0.0990. The lowest BCUT2D eigenvalue weighted by atomic mass is 9.83. The van der Waals surface area contributed by atoms with E-state index in [1.807, 2.05) is 48.5 Å². The fourth-order valence-electron chi connectivity index (χ4n) is 3.32. The van der Waals surface area contributed by atoms with Gasteiger partial charge in [-0.1, -0.05) is 17.7 Å². The van der Waals surface area contributed by atoms with Crippen molar-refractivity contribution < 1.29 is 18.8 Å². The van der Waals surface area contributed by atoms with Crippen LogP contribution in [0.2, 0.25) is 0 Å². The smallest absolute Gasteiger partial charge is 0.410 e. The average Bonchev–Trinajstić information content (AvgIpc) is 2.71. The number of aliphatic hydroxyl groups is 1. The summed E-state index contributed by atoms with van der Waals surface area (Å²) >= 11 is 1.30. The molecule has 1 amide bonds. The van der Waals surface area contributed by atoms with Crippen LogP contribution in [0.15, 0.2) is 41.3 Å². The lowest BCUT2D eigenvalue weighted by Crippen LogP contribution is -2.49. The Labute approximate surface area is 204 Å². The molecular formula is C26H42N2O4S. The molecule has 1 aliphatic heterocycles. The molecule has 2 rings (SSSR count). The van der Waals surface area contributed by atoms with E-state index in [2.05, 4.69) is 35.7 Å². The third kappa shape index (κ3) is 8.96. The summed E-state index contributed by atoms with van der Waals surface area (Å²) in [5, 5.41) is 10.9. The first kappa shape index (κ1) is 27.7. The Hall–Kier alpha value is -1.54. The molecule has 0 radical (unpaired) electrons. The summed E-state index contributed by atoms with van der Waals surface area (Å²) in [7, 11) is 0. The molecule has 0 saturated carbocycles. The largest absolute Gasteiger partial charge is 0.444 e. The third-order valence-corrected chi connectivity index (χ3v) is 7.00. The molecule has 33 heavy (non-hydrogen) atoms. The van der Waals surface area contributed by atoms with Crippen molar-refractivity contribution in [1.29, 1.82) is 0 Å². The number of amides is 1. The molecule has 1 heterocycles. The van der Waals surface area contributed by atoms with Crippen LogP contribution in [0.25, 0.3) is 0 Å². The highest BCUT2D eigenvalue weighted by molar-refractivity contribution is 7.94. The van der Waals surface area contributed by atoms with Gasteiger partial charge in [0.05, 0.1) is 5.60 Å². The Bertz CT molecular complexity index is 792. The van der Waals surface area contributed by atoms with Crippen LogP contribution < -0.4 is 0 Å².